The Morgan fingerprint density at radius 3 is 2.50 bits per heavy atom. The van der Waals surface area contributed by atoms with Crippen molar-refractivity contribution in [3.8, 4) is 0 Å². The number of nitrogens with one attached hydrogen (secondary N) is 2. The molecule has 0 saturated carbocycles. The summed E-state index contributed by atoms with van der Waals surface area (Å²) in [5.74, 6) is -0.0838. The molecule has 1 aromatic heterocycles. The van der Waals surface area contributed by atoms with E-state index >= 15 is 0 Å². The molecule has 8 nitrogen and oxygen atoms in total. The quantitative estimate of drug-likeness (QED) is 0.788. The van der Waals surface area contributed by atoms with Crippen LogP contribution in [-0.2, 0) is 16.1 Å². The summed E-state index contributed by atoms with van der Waals surface area (Å²) in [7, 11) is 0. The van der Waals surface area contributed by atoms with Crippen LogP contribution in [0.2, 0.25) is 0 Å². The highest BCUT2D eigenvalue weighted by Gasteiger charge is 2.41. The van der Waals surface area contributed by atoms with Crippen molar-refractivity contribution in [3.05, 3.63) is 45.1 Å². The van der Waals surface area contributed by atoms with Crippen molar-refractivity contribution < 1.29 is 9.59 Å². The Balaban J connectivity index is 1.53. The van der Waals surface area contributed by atoms with Gasteiger partial charge in [0.25, 0.3) is 5.56 Å². The number of carbonyl (C=O) groups excluding carboxylic acids is 2. The Bertz CT molecular complexity index is 998. The first-order valence-corrected chi connectivity index (χ1v) is 8.78. The van der Waals surface area contributed by atoms with E-state index in [2.05, 4.69) is 10.3 Å². The van der Waals surface area contributed by atoms with E-state index < -0.39 is 11.2 Å². The molecule has 8 heteroatoms. The molecular weight excluding hydrogens is 336 g/mol. The lowest BCUT2D eigenvalue weighted by Crippen LogP contribution is -2.53. The van der Waals surface area contributed by atoms with Gasteiger partial charge in [0.15, 0.2) is 0 Å². The van der Waals surface area contributed by atoms with Crippen LogP contribution >= 0.6 is 0 Å². The van der Waals surface area contributed by atoms with Gasteiger partial charge in [0.2, 0.25) is 11.8 Å². The molecule has 0 atom stereocenters. The molecular formula is C18H20N4O4. The smallest absolute Gasteiger partial charge is 0.329 e. The molecule has 0 aliphatic carbocycles. The minimum Gasteiger partial charge on any atom is -0.351 e. The van der Waals surface area contributed by atoms with E-state index in [1.807, 2.05) is 0 Å². The van der Waals surface area contributed by atoms with E-state index in [0.717, 1.165) is 19.3 Å². The van der Waals surface area contributed by atoms with Gasteiger partial charge in [0.05, 0.1) is 10.9 Å². The third-order valence-corrected chi connectivity index (χ3v) is 5.51. The van der Waals surface area contributed by atoms with Gasteiger partial charge in [-0.2, -0.15) is 0 Å². The number of fused-ring (bicyclic) bond motifs is 1. The van der Waals surface area contributed by atoms with Crippen molar-refractivity contribution in [1.82, 2.24) is 19.8 Å². The molecule has 136 valence electrons. The number of benzene rings is 1. The number of rotatable bonds is 2. The number of para-hydroxylation sites is 1. The number of hydrogen-bond donors (Lipinski definition) is 2. The van der Waals surface area contributed by atoms with Gasteiger partial charge in [-0.05, 0) is 31.4 Å². The molecule has 2 N–H and O–H groups in total. The average Bonchev–Trinajstić information content (AvgIpc) is 2.99. The van der Waals surface area contributed by atoms with Gasteiger partial charge in [0.1, 0.15) is 6.54 Å². The minimum absolute atomic E-state index is 0.0797. The lowest BCUT2D eigenvalue weighted by molar-refractivity contribution is -0.133. The second-order valence-corrected chi connectivity index (χ2v) is 7.07. The molecule has 0 radical (unpaired) electrons. The summed E-state index contributed by atoms with van der Waals surface area (Å²) in [5, 5.41) is 3.43. The number of aromatic amines is 1. The van der Waals surface area contributed by atoms with Crippen molar-refractivity contribution in [2.45, 2.75) is 37.8 Å². The Hall–Kier alpha value is -2.90. The van der Waals surface area contributed by atoms with E-state index in [1.54, 1.807) is 29.2 Å². The monoisotopic (exact) mass is 356 g/mol. The largest absolute Gasteiger partial charge is 0.351 e. The van der Waals surface area contributed by atoms with Crippen molar-refractivity contribution in [2.75, 3.05) is 13.1 Å². The maximum Gasteiger partial charge on any atom is 0.329 e. The highest BCUT2D eigenvalue weighted by Crippen LogP contribution is 2.31. The number of likely N-dealkylation sites (tertiary alicyclic amines) is 1. The maximum atomic E-state index is 12.7. The van der Waals surface area contributed by atoms with Crippen LogP contribution in [0.1, 0.15) is 25.7 Å². The Morgan fingerprint density at radius 1 is 1.08 bits per heavy atom. The zero-order valence-corrected chi connectivity index (χ0v) is 14.3. The summed E-state index contributed by atoms with van der Waals surface area (Å²) < 4.78 is 1.31. The van der Waals surface area contributed by atoms with E-state index in [-0.39, 0.29) is 23.9 Å². The fourth-order valence-corrected chi connectivity index (χ4v) is 3.97. The van der Waals surface area contributed by atoms with Crippen LogP contribution in [0.3, 0.4) is 0 Å². The van der Waals surface area contributed by atoms with Gasteiger partial charge < -0.3 is 10.2 Å². The molecule has 3 heterocycles. The zero-order valence-electron chi connectivity index (χ0n) is 14.3. The van der Waals surface area contributed by atoms with Crippen LogP contribution in [0.4, 0.5) is 0 Å². The summed E-state index contributed by atoms with van der Waals surface area (Å²) in [6.07, 6.45) is 2.82. The summed E-state index contributed by atoms with van der Waals surface area (Å²) >= 11 is 0. The number of aromatic nitrogens is 2. The second kappa shape index (κ2) is 6.12. The molecule has 0 bridgehead atoms. The summed E-state index contributed by atoms with van der Waals surface area (Å²) in [4.78, 5) is 52.3. The Morgan fingerprint density at radius 2 is 1.81 bits per heavy atom. The minimum atomic E-state index is -0.585. The van der Waals surface area contributed by atoms with Gasteiger partial charge >= 0.3 is 5.69 Å². The van der Waals surface area contributed by atoms with Gasteiger partial charge in [-0.1, -0.05) is 12.1 Å². The molecule has 2 aromatic rings. The third kappa shape index (κ3) is 2.81. The lowest BCUT2D eigenvalue weighted by atomic mass is 9.86. The fourth-order valence-electron chi connectivity index (χ4n) is 3.97. The highest BCUT2D eigenvalue weighted by molar-refractivity contribution is 5.82. The normalized spacial score (nSPS) is 19.1. The predicted octanol–water partition coefficient (Wildman–Crippen LogP) is -0.0390. The van der Waals surface area contributed by atoms with Gasteiger partial charge in [-0.3, -0.25) is 23.9 Å². The Kier molecular flexibility index (Phi) is 3.90. The van der Waals surface area contributed by atoms with Crippen LogP contribution in [-0.4, -0.2) is 44.9 Å². The topological polar surface area (TPSA) is 104 Å². The summed E-state index contributed by atoms with van der Waals surface area (Å²) in [6.45, 7) is 0.986. The second-order valence-electron chi connectivity index (χ2n) is 7.07. The zero-order chi connectivity index (χ0) is 18.3. The molecule has 4 rings (SSSR count). The number of hydrogen-bond acceptors (Lipinski definition) is 4. The van der Waals surface area contributed by atoms with Crippen molar-refractivity contribution in [1.29, 1.82) is 0 Å². The van der Waals surface area contributed by atoms with Crippen LogP contribution < -0.4 is 16.6 Å². The van der Waals surface area contributed by atoms with E-state index in [0.29, 0.717) is 30.4 Å². The lowest BCUT2D eigenvalue weighted by Gasteiger charge is -2.39. The van der Waals surface area contributed by atoms with Crippen molar-refractivity contribution >= 4 is 22.7 Å². The van der Waals surface area contributed by atoms with Crippen LogP contribution in [0.15, 0.2) is 33.9 Å². The molecule has 1 spiro atoms. The number of piperidine rings is 1. The fraction of sp³-hybridized carbons (Fsp3) is 0.444. The van der Waals surface area contributed by atoms with Gasteiger partial charge in [-0.15, -0.1) is 0 Å². The molecule has 2 aliphatic heterocycles. The molecule has 2 fully saturated rings. The van der Waals surface area contributed by atoms with Crippen LogP contribution in [0, 0.1) is 0 Å². The summed E-state index contributed by atoms with van der Waals surface area (Å²) in [5.41, 5.74) is -0.758. The van der Waals surface area contributed by atoms with Gasteiger partial charge in [-0.25, -0.2) is 4.79 Å². The van der Waals surface area contributed by atoms with E-state index in [9.17, 15) is 19.2 Å². The Labute approximate surface area is 148 Å². The number of H-pyrrole nitrogens is 1. The SMILES string of the molecule is O=C1CCC2(CCN(C(=O)Cn3c(=O)[nH]c(=O)c4ccccc43)CC2)N1. The molecule has 2 aliphatic rings. The average molecular weight is 356 g/mol. The first-order chi connectivity index (χ1) is 12.5. The maximum absolute atomic E-state index is 12.7. The van der Waals surface area contributed by atoms with Crippen molar-refractivity contribution in [2.24, 2.45) is 0 Å². The molecule has 2 saturated heterocycles. The molecule has 1 aromatic carbocycles. The summed E-state index contributed by atoms with van der Waals surface area (Å²) in [6, 6.07) is 6.74. The number of nitrogens with zero attached hydrogens (tertiary/aromatic N) is 2. The highest BCUT2D eigenvalue weighted by atomic mass is 16.2. The first kappa shape index (κ1) is 16.6. The number of amides is 2. The van der Waals surface area contributed by atoms with E-state index in [1.165, 1.54) is 4.57 Å². The van der Waals surface area contributed by atoms with E-state index in [4.69, 9.17) is 0 Å². The molecule has 0 unspecified atom stereocenters. The van der Waals surface area contributed by atoms with Gasteiger partial charge in [0, 0.05) is 25.0 Å². The standard InChI is InChI=1S/C18H20N4O4/c23-14-5-6-18(20-14)7-9-21(10-8-18)15(24)11-22-13-4-2-1-3-12(13)16(25)19-17(22)26/h1-4H,5-11H2,(H,20,23)(H,19,25,26). The molecule has 2 amide bonds. The predicted molar refractivity (Wildman–Crippen MR) is 94.8 cm³/mol. The third-order valence-electron chi connectivity index (χ3n) is 5.51. The number of carbonyl (C=O) groups is 2. The first-order valence-electron chi connectivity index (χ1n) is 8.78. The molecule has 26 heavy (non-hydrogen) atoms. The van der Waals surface area contributed by atoms with Crippen molar-refractivity contribution in [3.63, 3.8) is 0 Å². The van der Waals surface area contributed by atoms with Crippen LogP contribution in [0.25, 0.3) is 10.9 Å². The van der Waals surface area contributed by atoms with Crippen LogP contribution in [0.5, 0.6) is 0 Å².